The third kappa shape index (κ3) is 21.4. The molecule has 0 aromatic heterocycles. The summed E-state index contributed by atoms with van der Waals surface area (Å²) in [4.78, 5) is 22.0. The Balaban J connectivity index is 1.41. The summed E-state index contributed by atoms with van der Waals surface area (Å²) in [5.74, 6) is 1.21. The Morgan fingerprint density at radius 2 is 0.646 bits per heavy atom. The summed E-state index contributed by atoms with van der Waals surface area (Å²) in [5, 5.41) is 0. The number of carbonyl (C=O) groups is 2. The zero-order valence-corrected chi connectivity index (χ0v) is 29.6. The van der Waals surface area contributed by atoms with Gasteiger partial charge in [0.2, 0.25) is 0 Å². The van der Waals surface area contributed by atoms with Crippen LogP contribution in [0, 0.1) is 0 Å². The molecule has 2 aromatic rings. The van der Waals surface area contributed by atoms with E-state index in [0.717, 1.165) is 63.2 Å². The van der Waals surface area contributed by atoms with Crippen molar-refractivity contribution in [3.05, 3.63) is 73.8 Å². The van der Waals surface area contributed by atoms with E-state index in [-0.39, 0.29) is 11.9 Å². The van der Waals surface area contributed by atoms with Crippen LogP contribution in [0.15, 0.2) is 73.8 Å². The second kappa shape index (κ2) is 28.5. The SMILES string of the molecule is C=CC(=O)OCCCCCCCCCCCCOc1ccc(-c2ccc(OCCCCCCCCCCCCOC(=O)C=C)cc2)cc1. The van der Waals surface area contributed by atoms with E-state index in [0.29, 0.717) is 13.2 Å². The summed E-state index contributed by atoms with van der Waals surface area (Å²) in [6.45, 7) is 9.35. The lowest BCUT2D eigenvalue weighted by atomic mass is 10.1. The van der Waals surface area contributed by atoms with E-state index in [1.54, 1.807) is 0 Å². The highest BCUT2D eigenvalue weighted by atomic mass is 16.5. The van der Waals surface area contributed by atoms with Crippen molar-refractivity contribution in [3.63, 3.8) is 0 Å². The van der Waals surface area contributed by atoms with Crippen LogP contribution in [-0.4, -0.2) is 38.4 Å². The number of hydrogen-bond donors (Lipinski definition) is 0. The molecule has 0 N–H and O–H groups in total. The largest absolute Gasteiger partial charge is 0.494 e. The minimum atomic E-state index is -0.324. The van der Waals surface area contributed by atoms with Gasteiger partial charge in [0.15, 0.2) is 0 Å². The van der Waals surface area contributed by atoms with Gasteiger partial charge in [-0.05, 0) is 61.1 Å². The molecule has 0 saturated carbocycles. The van der Waals surface area contributed by atoms with Crippen LogP contribution in [0.3, 0.4) is 0 Å². The van der Waals surface area contributed by atoms with Gasteiger partial charge in [0.25, 0.3) is 0 Å². The summed E-state index contributed by atoms with van der Waals surface area (Å²) >= 11 is 0. The Hall–Kier alpha value is -3.54. The number of hydrogen-bond acceptors (Lipinski definition) is 6. The topological polar surface area (TPSA) is 71.1 Å². The maximum atomic E-state index is 11.0. The Morgan fingerprint density at radius 1 is 0.396 bits per heavy atom. The molecule has 0 heterocycles. The first-order chi connectivity index (χ1) is 23.6. The lowest BCUT2D eigenvalue weighted by Crippen LogP contribution is -2.01. The molecule has 0 fully saturated rings. The molecule has 0 unspecified atom stereocenters. The molecule has 0 aliphatic carbocycles. The standard InChI is InChI=1S/C42H62O6/c1-3-41(43)47-35-23-19-15-11-7-5-9-13-17-21-33-45-39-29-25-37(26-30-39)38-27-31-40(32-28-38)46-34-22-18-14-10-6-8-12-16-20-24-36-48-42(44)4-2/h3-4,25-32H,1-2,5-24,33-36H2. The summed E-state index contributed by atoms with van der Waals surface area (Å²) in [6, 6.07) is 16.8. The number of esters is 2. The van der Waals surface area contributed by atoms with E-state index in [9.17, 15) is 9.59 Å². The van der Waals surface area contributed by atoms with Gasteiger partial charge >= 0.3 is 11.9 Å². The van der Waals surface area contributed by atoms with Crippen molar-refractivity contribution in [1.29, 1.82) is 0 Å². The normalized spacial score (nSPS) is 10.8. The molecule has 2 rings (SSSR count). The first kappa shape index (κ1) is 40.6. The average Bonchev–Trinajstić information content (AvgIpc) is 3.12. The number of unbranched alkanes of at least 4 members (excludes halogenated alkanes) is 18. The van der Waals surface area contributed by atoms with Crippen molar-refractivity contribution in [3.8, 4) is 22.6 Å². The van der Waals surface area contributed by atoms with E-state index >= 15 is 0 Å². The molecule has 0 bridgehead atoms. The van der Waals surface area contributed by atoms with Crippen molar-refractivity contribution >= 4 is 11.9 Å². The molecule has 0 radical (unpaired) electrons. The molecule has 266 valence electrons. The van der Waals surface area contributed by atoms with Gasteiger partial charge in [0.05, 0.1) is 26.4 Å². The molecule has 0 spiro atoms. The predicted octanol–water partition coefficient (Wildman–Crippen LogP) is 11.4. The second-order valence-corrected chi connectivity index (χ2v) is 12.6. The average molecular weight is 663 g/mol. The smallest absolute Gasteiger partial charge is 0.330 e. The van der Waals surface area contributed by atoms with Crippen LogP contribution in [0.2, 0.25) is 0 Å². The van der Waals surface area contributed by atoms with E-state index in [1.807, 2.05) is 0 Å². The molecular weight excluding hydrogens is 600 g/mol. The van der Waals surface area contributed by atoms with E-state index < -0.39 is 0 Å². The van der Waals surface area contributed by atoms with Gasteiger partial charge in [0, 0.05) is 12.2 Å². The number of carbonyl (C=O) groups excluding carboxylic acids is 2. The Labute approximate surface area is 291 Å². The zero-order chi connectivity index (χ0) is 34.3. The van der Waals surface area contributed by atoms with Crippen LogP contribution in [0.25, 0.3) is 11.1 Å². The van der Waals surface area contributed by atoms with Crippen LogP contribution in [0.5, 0.6) is 11.5 Å². The fraction of sp³-hybridized carbons (Fsp3) is 0.571. The molecule has 6 nitrogen and oxygen atoms in total. The number of benzene rings is 2. The Morgan fingerprint density at radius 3 is 0.917 bits per heavy atom. The van der Waals surface area contributed by atoms with Crippen molar-refractivity contribution in [2.75, 3.05) is 26.4 Å². The molecule has 0 atom stereocenters. The first-order valence-corrected chi connectivity index (χ1v) is 18.7. The van der Waals surface area contributed by atoms with Crippen LogP contribution < -0.4 is 9.47 Å². The minimum Gasteiger partial charge on any atom is -0.494 e. The van der Waals surface area contributed by atoms with Gasteiger partial charge in [-0.2, -0.15) is 0 Å². The van der Waals surface area contributed by atoms with E-state index in [2.05, 4.69) is 61.7 Å². The molecule has 6 heteroatoms. The number of rotatable bonds is 31. The van der Waals surface area contributed by atoms with Crippen molar-refractivity contribution in [1.82, 2.24) is 0 Å². The molecule has 2 aromatic carbocycles. The lowest BCUT2D eigenvalue weighted by molar-refractivity contribution is -0.138. The maximum Gasteiger partial charge on any atom is 0.330 e. The fourth-order valence-corrected chi connectivity index (χ4v) is 5.57. The lowest BCUT2D eigenvalue weighted by Gasteiger charge is -2.09. The van der Waals surface area contributed by atoms with Crippen LogP contribution in [0.1, 0.15) is 128 Å². The molecule has 48 heavy (non-hydrogen) atoms. The minimum absolute atomic E-state index is 0.324. The summed E-state index contributed by atoms with van der Waals surface area (Å²) < 4.78 is 22.0. The van der Waals surface area contributed by atoms with Gasteiger partial charge in [0.1, 0.15) is 11.5 Å². The first-order valence-electron chi connectivity index (χ1n) is 18.7. The van der Waals surface area contributed by atoms with Crippen LogP contribution in [-0.2, 0) is 19.1 Å². The van der Waals surface area contributed by atoms with E-state index in [4.69, 9.17) is 18.9 Å². The Kier molecular flexibility index (Phi) is 24.1. The van der Waals surface area contributed by atoms with Crippen molar-refractivity contribution in [2.24, 2.45) is 0 Å². The highest BCUT2D eigenvalue weighted by Gasteiger charge is 2.02. The summed E-state index contributed by atoms with van der Waals surface area (Å²) in [6.07, 6.45) is 26.4. The fourth-order valence-electron chi connectivity index (χ4n) is 5.57. The van der Waals surface area contributed by atoms with Crippen LogP contribution >= 0.6 is 0 Å². The van der Waals surface area contributed by atoms with Gasteiger partial charge in [-0.3, -0.25) is 0 Å². The van der Waals surface area contributed by atoms with Crippen molar-refractivity contribution < 1.29 is 28.5 Å². The maximum absolute atomic E-state index is 11.0. The highest BCUT2D eigenvalue weighted by Crippen LogP contribution is 2.25. The molecule has 0 aliphatic heterocycles. The number of ether oxygens (including phenoxy) is 4. The highest BCUT2D eigenvalue weighted by molar-refractivity contribution is 5.81. The molecule has 0 aliphatic rings. The van der Waals surface area contributed by atoms with Crippen LogP contribution in [0.4, 0.5) is 0 Å². The van der Waals surface area contributed by atoms with Gasteiger partial charge in [-0.1, -0.05) is 140 Å². The third-order valence-corrected chi connectivity index (χ3v) is 8.48. The third-order valence-electron chi connectivity index (χ3n) is 8.48. The summed E-state index contributed by atoms with van der Waals surface area (Å²) in [7, 11) is 0. The second-order valence-electron chi connectivity index (χ2n) is 12.6. The zero-order valence-electron chi connectivity index (χ0n) is 29.6. The Bertz CT molecular complexity index is 1020. The van der Waals surface area contributed by atoms with Gasteiger partial charge in [-0.15, -0.1) is 0 Å². The van der Waals surface area contributed by atoms with E-state index in [1.165, 1.54) is 113 Å². The van der Waals surface area contributed by atoms with Gasteiger partial charge < -0.3 is 18.9 Å². The monoisotopic (exact) mass is 662 g/mol. The predicted molar refractivity (Wildman–Crippen MR) is 198 cm³/mol. The molecule has 0 saturated heterocycles. The quantitative estimate of drug-likeness (QED) is 0.0454. The summed E-state index contributed by atoms with van der Waals surface area (Å²) in [5.41, 5.74) is 2.36. The van der Waals surface area contributed by atoms with Gasteiger partial charge in [-0.25, -0.2) is 9.59 Å². The van der Waals surface area contributed by atoms with Crippen molar-refractivity contribution in [2.45, 2.75) is 128 Å². The molecule has 0 amide bonds. The molecular formula is C42H62O6.